The van der Waals surface area contributed by atoms with Crippen LogP contribution in [0.3, 0.4) is 0 Å². The van der Waals surface area contributed by atoms with Crippen LogP contribution in [0.4, 0.5) is 5.69 Å². The number of rotatable bonds is 3. The fraction of sp³-hybridized carbons (Fsp3) is 0.385. The second-order valence-corrected chi connectivity index (χ2v) is 5.77. The molecule has 1 aliphatic rings. The van der Waals surface area contributed by atoms with E-state index >= 15 is 0 Å². The molecular weight excluding hydrogens is 312 g/mol. The first-order chi connectivity index (χ1) is 8.90. The molecule has 0 radical (unpaired) electrons. The molecule has 1 heterocycles. The van der Waals surface area contributed by atoms with E-state index in [1.165, 1.54) is 12.1 Å². The number of benzene rings is 1. The molecule has 6 heteroatoms. The van der Waals surface area contributed by atoms with Gasteiger partial charge in [-0.2, -0.15) is 0 Å². The lowest BCUT2D eigenvalue weighted by Crippen LogP contribution is -2.47. The predicted molar refractivity (Wildman–Crippen MR) is 75.4 cm³/mol. The summed E-state index contributed by atoms with van der Waals surface area (Å²) in [6.45, 7) is 2.67. The summed E-state index contributed by atoms with van der Waals surface area (Å²) in [5.74, 6) is -1.17. The highest BCUT2D eigenvalue weighted by molar-refractivity contribution is 9.10. The minimum Gasteiger partial charge on any atom is -0.478 e. The van der Waals surface area contributed by atoms with E-state index in [2.05, 4.69) is 26.6 Å². The molecule has 1 aromatic rings. The molecule has 1 fully saturated rings. The number of aromatic carboxylic acids is 1. The van der Waals surface area contributed by atoms with Crippen LogP contribution in [0.25, 0.3) is 0 Å². The molecule has 1 unspecified atom stereocenters. The van der Waals surface area contributed by atoms with Crippen LogP contribution >= 0.6 is 15.9 Å². The first-order valence-electron chi connectivity index (χ1n) is 6.01. The van der Waals surface area contributed by atoms with Gasteiger partial charge in [0.25, 0.3) is 0 Å². The fourth-order valence-corrected chi connectivity index (χ4v) is 2.64. The molecule has 1 saturated heterocycles. The largest absolute Gasteiger partial charge is 0.478 e. The second-order valence-electron chi connectivity index (χ2n) is 4.85. The molecule has 3 N–H and O–H groups in total. The second kappa shape index (κ2) is 5.30. The van der Waals surface area contributed by atoms with E-state index < -0.39 is 11.5 Å². The monoisotopic (exact) mass is 326 g/mol. The lowest BCUT2D eigenvalue weighted by Gasteiger charge is -2.23. The van der Waals surface area contributed by atoms with E-state index in [9.17, 15) is 9.59 Å². The van der Waals surface area contributed by atoms with E-state index in [4.69, 9.17) is 5.11 Å². The molecule has 0 aromatic heterocycles. The average molecular weight is 327 g/mol. The summed E-state index contributed by atoms with van der Waals surface area (Å²) in [5, 5.41) is 14.9. The number of nitrogens with one attached hydrogen (secondary N) is 2. The summed E-state index contributed by atoms with van der Waals surface area (Å²) in [6, 6.07) is 4.62. The van der Waals surface area contributed by atoms with Crippen molar-refractivity contribution in [1.29, 1.82) is 0 Å². The van der Waals surface area contributed by atoms with Gasteiger partial charge in [-0.05, 0) is 44.5 Å². The Kier molecular flexibility index (Phi) is 3.91. The van der Waals surface area contributed by atoms with E-state index in [1.54, 1.807) is 6.07 Å². The highest BCUT2D eigenvalue weighted by Gasteiger charge is 2.35. The van der Waals surface area contributed by atoms with Crippen LogP contribution in [0, 0.1) is 0 Å². The van der Waals surface area contributed by atoms with Crippen LogP contribution in [0.15, 0.2) is 22.7 Å². The van der Waals surface area contributed by atoms with Gasteiger partial charge < -0.3 is 15.7 Å². The Morgan fingerprint density at radius 2 is 2.16 bits per heavy atom. The van der Waals surface area contributed by atoms with Gasteiger partial charge in [0.15, 0.2) is 0 Å². The van der Waals surface area contributed by atoms with Crippen LogP contribution < -0.4 is 10.6 Å². The highest BCUT2D eigenvalue weighted by Crippen LogP contribution is 2.23. The summed E-state index contributed by atoms with van der Waals surface area (Å²) in [6.07, 6.45) is 1.74. The number of halogens is 1. The van der Waals surface area contributed by atoms with Crippen LogP contribution in [-0.2, 0) is 4.79 Å². The summed E-state index contributed by atoms with van der Waals surface area (Å²) >= 11 is 3.24. The Bertz CT molecular complexity index is 525. The zero-order valence-corrected chi connectivity index (χ0v) is 12.1. The molecule has 0 aliphatic carbocycles. The predicted octanol–water partition coefficient (Wildman–Crippen LogP) is 2.23. The van der Waals surface area contributed by atoms with Gasteiger partial charge in [0, 0.05) is 10.2 Å². The summed E-state index contributed by atoms with van der Waals surface area (Å²) in [7, 11) is 0. The van der Waals surface area contributed by atoms with Gasteiger partial charge in [-0.15, -0.1) is 0 Å². The molecule has 2 rings (SSSR count). The summed E-state index contributed by atoms with van der Waals surface area (Å²) < 4.78 is 0.618. The number of amides is 1. The maximum absolute atomic E-state index is 12.2. The smallest absolute Gasteiger partial charge is 0.335 e. The van der Waals surface area contributed by atoms with E-state index in [0.717, 1.165) is 19.4 Å². The third-order valence-corrected chi connectivity index (χ3v) is 3.73. The highest BCUT2D eigenvalue weighted by atomic mass is 79.9. The van der Waals surface area contributed by atoms with Gasteiger partial charge >= 0.3 is 5.97 Å². The van der Waals surface area contributed by atoms with Gasteiger partial charge in [0.05, 0.1) is 11.1 Å². The summed E-state index contributed by atoms with van der Waals surface area (Å²) in [5.41, 5.74) is 0.0343. The Morgan fingerprint density at radius 1 is 1.42 bits per heavy atom. The molecular formula is C13H15BrN2O3. The Hall–Kier alpha value is -1.40. The molecule has 5 nitrogen and oxygen atoms in total. The molecule has 0 bridgehead atoms. The number of carbonyl (C=O) groups is 2. The van der Waals surface area contributed by atoms with Gasteiger partial charge in [0.1, 0.15) is 0 Å². The quantitative estimate of drug-likeness (QED) is 0.795. The van der Waals surface area contributed by atoms with Crippen molar-refractivity contribution in [3.05, 3.63) is 28.2 Å². The number of carbonyl (C=O) groups excluding carboxylic acids is 1. The third kappa shape index (κ3) is 3.13. The van der Waals surface area contributed by atoms with Crippen LogP contribution in [-0.4, -0.2) is 29.1 Å². The first-order valence-corrected chi connectivity index (χ1v) is 6.80. The molecule has 0 spiro atoms. The number of hydrogen-bond donors (Lipinski definition) is 3. The maximum atomic E-state index is 12.2. The lowest BCUT2D eigenvalue weighted by molar-refractivity contribution is -0.121. The van der Waals surface area contributed by atoms with Gasteiger partial charge in [-0.25, -0.2) is 4.79 Å². The lowest BCUT2D eigenvalue weighted by atomic mass is 9.99. The molecule has 1 atom stereocenters. The number of anilines is 1. The van der Waals surface area contributed by atoms with Crippen LogP contribution in [0.2, 0.25) is 0 Å². The standard InChI is InChI=1S/C13H15BrN2O3/c1-13(3-2-4-15-13)12(19)16-10-6-8(11(17)18)5-9(14)7-10/h5-7,15H,2-4H2,1H3,(H,16,19)(H,17,18). The number of hydrogen-bond acceptors (Lipinski definition) is 3. The van der Waals surface area contributed by atoms with Gasteiger partial charge in [-0.3, -0.25) is 4.79 Å². The van der Waals surface area contributed by atoms with Crippen molar-refractivity contribution in [1.82, 2.24) is 5.32 Å². The molecule has 1 aromatic carbocycles. The van der Waals surface area contributed by atoms with E-state index in [-0.39, 0.29) is 11.5 Å². The van der Waals surface area contributed by atoms with E-state index in [0.29, 0.717) is 10.2 Å². The average Bonchev–Trinajstić information content (AvgIpc) is 2.76. The molecule has 1 aliphatic heterocycles. The van der Waals surface area contributed by atoms with Crippen LogP contribution in [0.5, 0.6) is 0 Å². The van der Waals surface area contributed by atoms with Gasteiger partial charge in [-0.1, -0.05) is 15.9 Å². The maximum Gasteiger partial charge on any atom is 0.335 e. The molecule has 1 amide bonds. The van der Waals surface area contributed by atoms with E-state index in [1.807, 2.05) is 6.92 Å². The Morgan fingerprint density at radius 3 is 2.74 bits per heavy atom. The normalized spacial score (nSPS) is 22.2. The van der Waals surface area contributed by atoms with Crippen molar-refractivity contribution in [3.63, 3.8) is 0 Å². The van der Waals surface area contributed by atoms with Crippen molar-refractivity contribution in [2.45, 2.75) is 25.3 Å². The molecule has 102 valence electrons. The van der Waals surface area contributed by atoms with Crippen molar-refractivity contribution >= 4 is 33.5 Å². The minimum atomic E-state index is -1.03. The topological polar surface area (TPSA) is 78.4 Å². The van der Waals surface area contributed by atoms with Gasteiger partial charge in [0.2, 0.25) is 5.91 Å². The first kappa shape index (κ1) is 14.0. The SMILES string of the molecule is CC1(C(=O)Nc2cc(Br)cc(C(=O)O)c2)CCCN1. The number of carboxylic acids is 1. The van der Waals surface area contributed by atoms with Crippen molar-refractivity contribution in [2.24, 2.45) is 0 Å². The van der Waals surface area contributed by atoms with Crippen LogP contribution in [0.1, 0.15) is 30.1 Å². The Labute approximate surface area is 119 Å². The number of carboxylic acid groups (broad SMARTS) is 1. The summed E-state index contributed by atoms with van der Waals surface area (Å²) in [4.78, 5) is 23.2. The zero-order chi connectivity index (χ0) is 14.0. The Balaban J connectivity index is 2.19. The molecule has 0 saturated carbocycles. The fourth-order valence-electron chi connectivity index (χ4n) is 2.14. The minimum absolute atomic E-state index is 0.134. The van der Waals surface area contributed by atoms with Crippen molar-refractivity contribution in [3.8, 4) is 0 Å². The third-order valence-electron chi connectivity index (χ3n) is 3.27. The zero-order valence-electron chi connectivity index (χ0n) is 10.5. The van der Waals surface area contributed by atoms with Crippen molar-refractivity contribution < 1.29 is 14.7 Å². The molecule has 19 heavy (non-hydrogen) atoms. The van der Waals surface area contributed by atoms with Crippen molar-refractivity contribution in [2.75, 3.05) is 11.9 Å².